The molecule has 1 aromatic heterocycles. The van der Waals surface area contributed by atoms with Gasteiger partial charge in [0.05, 0.1) is 0 Å². The Morgan fingerprint density at radius 3 is 2.70 bits per heavy atom. The number of hydrogen-bond donors (Lipinski definition) is 1. The first-order chi connectivity index (χ1) is 9.81. The van der Waals surface area contributed by atoms with Crippen LogP contribution in [-0.4, -0.2) is 10.2 Å². The minimum Gasteiger partial charge on any atom is -0.423 e. The quantitative estimate of drug-likeness (QED) is 0.787. The van der Waals surface area contributed by atoms with Crippen molar-refractivity contribution in [2.75, 3.05) is 5.32 Å². The molecule has 20 heavy (non-hydrogen) atoms. The standard InChI is InChI=1S/C15H12ClN3O/c16-13-6-4-11(5-7-13)9-17-14-3-1-2-12(8-14)15-19-18-10-20-15/h1-8,10,17H,9H2. The summed E-state index contributed by atoms with van der Waals surface area (Å²) in [5.41, 5.74) is 3.05. The van der Waals surface area contributed by atoms with E-state index in [4.69, 9.17) is 16.0 Å². The minimum atomic E-state index is 0.514. The summed E-state index contributed by atoms with van der Waals surface area (Å²) in [6.45, 7) is 0.727. The number of anilines is 1. The molecule has 3 aromatic rings. The minimum absolute atomic E-state index is 0.514. The molecule has 100 valence electrons. The molecular formula is C15H12ClN3O. The zero-order chi connectivity index (χ0) is 13.8. The molecule has 2 aromatic carbocycles. The van der Waals surface area contributed by atoms with Crippen molar-refractivity contribution in [1.82, 2.24) is 10.2 Å². The number of benzene rings is 2. The highest BCUT2D eigenvalue weighted by molar-refractivity contribution is 6.30. The molecule has 0 unspecified atom stereocenters. The number of nitrogens with zero attached hydrogens (tertiary/aromatic N) is 2. The van der Waals surface area contributed by atoms with Crippen LogP contribution in [0.2, 0.25) is 5.02 Å². The molecular weight excluding hydrogens is 274 g/mol. The van der Waals surface area contributed by atoms with Gasteiger partial charge in [-0.3, -0.25) is 0 Å². The lowest BCUT2D eigenvalue weighted by Crippen LogP contribution is -1.99. The van der Waals surface area contributed by atoms with Gasteiger partial charge in [0.15, 0.2) is 0 Å². The lowest BCUT2D eigenvalue weighted by molar-refractivity contribution is 0.568. The van der Waals surface area contributed by atoms with Crippen LogP contribution in [0.5, 0.6) is 0 Å². The molecule has 0 aliphatic carbocycles. The van der Waals surface area contributed by atoms with Crippen molar-refractivity contribution in [2.24, 2.45) is 0 Å². The SMILES string of the molecule is Clc1ccc(CNc2cccc(-c3nnco3)c2)cc1. The first kappa shape index (κ1) is 12.7. The van der Waals surface area contributed by atoms with Gasteiger partial charge in [0.2, 0.25) is 12.3 Å². The molecule has 0 bridgehead atoms. The first-order valence-corrected chi connectivity index (χ1v) is 6.54. The Labute approximate surface area is 121 Å². The molecule has 1 heterocycles. The molecule has 0 saturated heterocycles. The third-order valence-electron chi connectivity index (χ3n) is 2.88. The number of aromatic nitrogens is 2. The van der Waals surface area contributed by atoms with E-state index in [1.54, 1.807) is 0 Å². The number of halogens is 1. The van der Waals surface area contributed by atoms with Crippen LogP contribution >= 0.6 is 11.6 Å². The Hall–Kier alpha value is -2.33. The molecule has 4 nitrogen and oxygen atoms in total. The van der Waals surface area contributed by atoms with E-state index in [-0.39, 0.29) is 0 Å². The van der Waals surface area contributed by atoms with Crippen molar-refractivity contribution in [1.29, 1.82) is 0 Å². The second kappa shape index (κ2) is 5.75. The second-order valence-electron chi connectivity index (χ2n) is 4.30. The van der Waals surface area contributed by atoms with Crippen molar-refractivity contribution >= 4 is 17.3 Å². The summed E-state index contributed by atoms with van der Waals surface area (Å²) in [4.78, 5) is 0. The van der Waals surface area contributed by atoms with E-state index in [0.29, 0.717) is 5.89 Å². The Morgan fingerprint density at radius 1 is 1.10 bits per heavy atom. The molecule has 0 radical (unpaired) electrons. The third kappa shape index (κ3) is 2.97. The Kier molecular flexibility index (Phi) is 3.65. The van der Waals surface area contributed by atoms with Crippen LogP contribution in [0.25, 0.3) is 11.5 Å². The zero-order valence-corrected chi connectivity index (χ0v) is 11.3. The molecule has 3 rings (SSSR count). The smallest absolute Gasteiger partial charge is 0.247 e. The topological polar surface area (TPSA) is 51.0 Å². The van der Waals surface area contributed by atoms with Crippen LogP contribution in [0.4, 0.5) is 5.69 Å². The first-order valence-electron chi connectivity index (χ1n) is 6.16. The van der Waals surface area contributed by atoms with E-state index in [2.05, 4.69) is 15.5 Å². The van der Waals surface area contributed by atoms with Crippen LogP contribution in [0, 0.1) is 0 Å². The fraction of sp³-hybridized carbons (Fsp3) is 0.0667. The lowest BCUT2D eigenvalue weighted by Gasteiger charge is -2.07. The summed E-state index contributed by atoms with van der Waals surface area (Å²) >= 11 is 5.86. The van der Waals surface area contributed by atoms with Gasteiger partial charge in [0.1, 0.15) is 0 Å². The Balaban J connectivity index is 1.72. The summed E-state index contributed by atoms with van der Waals surface area (Å²) in [5, 5.41) is 11.7. The van der Waals surface area contributed by atoms with E-state index < -0.39 is 0 Å². The van der Waals surface area contributed by atoms with Gasteiger partial charge in [0, 0.05) is 22.8 Å². The van der Waals surface area contributed by atoms with E-state index in [9.17, 15) is 0 Å². The van der Waals surface area contributed by atoms with Gasteiger partial charge in [0.25, 0.3) is 0 Å². The Bertz CT molecular complexity index is 681. The molecule has 0 amide bonds. The van der Waals surface area contributed by atoms with Crippen LogP contribution in [0.1, 0.15) is 5.56 Å². The fourth-order valence-electron chi connectivity index (χ4n) is 1.87. The van der Waals surface area contributed by atoms with Crippen molar-refractivity contribution in [3.8, 4) is 11.5 Å². The predicted octanol–water partition coefficient (Wildman–Crippen LogP) is 4.00. The van der Waals surface area contributed by atoms with Gasteiger partial charge < -0.3 is 9.73 Å². The molecule has 5 heteroatoms. The number of hydrogen-bond acceptors (Lipinski definition) is 4. The largest absolute Gasteiger partial charge is 0.423 e. The number of nitrogens with one attached hydrogen (secondary N) is 1. The Morgan fingerprint density at radius 2 is 1.95 bits per heavy atom. The van der Waals surface area contributed by atoms with Crippen LogP contribution in [0.3, 0.4) is 0 Å². The molecule has 0 spiro atoms. The highest BCUT2D eigenvalue weighted by Gasteiger charge is 2.04. The maximum Gasteiger partial charge on any atom is 0.247 e. The second-order valence-corrected chi connectivity index (χ2v) is 4.74. The van der Waals surface area contributed by atoms with Gasteiger partial charge in [-0.15, -0.1) is 10.2 Å². The van der Waals surface area contributed by atoms with Gasteiger partial charge in [-0.05, 0) is 35.9 Å². The van der Waals surface area contributed by atoms with E-state index in [0.717, 1.165) is 28.4 Å². The van der Waals surface area contributed by atoms with E-state index in [1.807, 2.05) is 48.5 Å². The molecule has 0 aliphatic heterocycles. The average molecular weight is 286 g/mol. The molecule has 1 N–H and O–H groups in total. The van der Waals surface area contributed by atoms with Crippen molar-refractivity contribution in [3.63, 3.8) is 0 Å². The lowest BCUT2D eigenvalue weighted by atomic mass is 10.2. The van der Waals surface area contributed by atoms with Crippen molar-refractivity contribution < 1.29 is 4.42 Å². The molecule has 0 aliphatic rings. The van der Waals surface area contributed by atoms with Crippen LogP contribution in [0.15, 0.2) is 59.3 Å². The van der Waals surface area contributed by atoms with Crippen molar-refractivity contribution in [2.45, 2.75) is 6.54 Å². The highest BCUT2D eigenvalue weighted by Crippen LogP contribution is 2.20. The fourth-order valence-corrected chi connectivity index (χ4v) is 1.99. The highest BCUT2D eigenvalue weighted by atomic mass is 35.5. The summed E-state index contributed by atoms with van der Waals surface area (Å²) in [6, 6.07) is 15.6. The summed E-state index contributed by atoms with van der Waals surface area (Å²) in [7, 11) is 0. The zero-order valence-electron chi connectivity index (χ0n) is 10.6. The average Bonchev–Trinajstić information content (AvgIpc) is 3.01. The predicted molar refractivity (Wildman–Crippen MR) is 78.5 cm³/mol. The monoisotopic (exact) mass is 285 g/mol. The normalized spacial score (nSPS) is 10.4. The van der Waals surface area contributed by atoms with E-state index in [1.165, 1.54) is 6.39 Å². The summed E-state index contributed by atoms with van der Waals surface area (Å²) in [5.74, 6) is 0.514. The van der Waals surface area contributed by atoms with Crippen LogP contribution in [-0.2, 0) is 6.54 Å². The van der Waals surface area contributed by atoms with Gasteiger partial charge in [-0.1, -0.05) is 29.8 Å². The molecule has 0 fully saturated rings. The van der Waals surface area contributed by atoms with Gasteiger partial charge in [-0.2, -0.15) is 0 Å². The summed E-state index contributed by atoms with van der Waals surface area (Å²) in [6.07, 6.45) is 1.32. The molecule has 0 saturated carbocycles. The maximum atomic E-state index is 5.86. The van der Waals surface area contributed by atoms with E-state index >= 15 is 0 Å². The summed E-state index contributed by atoms with van der Waals surface area (Å²) < 4.78 is 5.19. The van der Waals surface area contributed by atoms with Gasteiger partial charge >= 0.3 is 0 Å². The van der Waals surface area contributed by atoms with Gasteiger partial charge in [-0.25, -0.2) is 0 Å². The maximum absolute atomic E-state index is 5.86. The molecule has 0 atom stereocenters. The van der Waals surface area contributed by atoms with Crippen molar-refractivity contribution in [3.05, 3.63) is 65.5 Å². The van der Waals surface area contributed by atoms with Crippen LogP contribution < -0.4 is 5.32 Å². The number of rotatable bonds is 4. The third-order valence-corrected chi connectivity index (χ3v) is 3.13.